The fraction of sp³-hybridized carbons (Fsp3) is 0.444. The second kappa shape index (κ2) is 7.04. The number of hydrogen-bond donors (Lipinski definition) is 1. The zero-order valence-corrected chi connectivity index (χ0v) is 14.7. The lowest BCUT2D eigenvalue weighted by Crippen LogP contribution is -2.43. The molecule has 0 bridgehead atoms. The molecule has 0 saturated carbocycles. The molecule has 2 aromatic rings. The highest BCUT2D eigenvalue weighted by Crippen LogP contribution is 2.35. The van der Waals surface area contributed by atoms with Crippen LogP contribution in [0, 0.1) is 0 Å². The Bertz CT molecular complexity index is 784. The van der Waals surface area contributed by atoms with Crippen LogP contribution in [0.3, 0.4) is 0 Å². The van der Waals surface area contributed by atoms with Crippen molar-refractivity contribution in [1.82, 2.24) is 15.5 Å². The van der Waals surface area contributed by atoms with Gasteiger partial charge in [-0.25, -0.2) is 0 Å². The lowest BCUT2D eigenvalue weighted by atomic mass is 10.0. The van der Waals surface area contributed by atoms with Crippen LogP contribution in [0.5, 0.6) is 0 Å². The number of nitrogens with one attached hydrogen (secondary N) is 1. The van der Waals surface area contributed by atoms with Crippen molar-refractivity contribution in [3.8, 4) is 0 Å². The van der Waals surface area contributed by atoms with Gasteiger partial charge in [0, 0.05) is 37.0 Å². The van der Waals surface area contributed by atoms with Crippen LogP contribution in [-0.4, -0.2) is 35.0 Å². The summed E-state index contributed by atoms with van der Waals surface area (Å²) in [5, 5.41) is 6.50. The van der Waals surface area contributed by atoms with Crippen LogP contribution >= 0.6 is 0 Å². The Morgan fingerprint density at radius 1 is 1.36 bits per heavy atom. The van der Waals surface area contributed by atoms with Gasteiger partial charge in [0.05, 0.1) is 0 Å². The quantitative estimate of drug-likeness (QED) is 0.859. The van der Waals surface area contributed by atoms with Crippen molar-refractivity contribution in [2.75, 3.05) is 18.0 Å². The van der Waals surface area contributed by atoms with Gasteiger partial charge in [0.25, 0.3) is 0 Å². The maximum absolute atomic E-state index is 12.5. The van der Waals surface area contributed by atoms with E-state index in [1.165, 1.54) is 0 Å². The number of fused-ring (bicyclic) bond motifs is 1. The molecule has 7 heteroatoms. The molecule has 132 valence electrons. The van der Waals surface area contributed by atoms with Crippen molar-refractivity contribution in [3.05, 3.63) is 41.5 Å². The molecule has 1 N–H and O–H groups in total. The number of para-hydroxylation sites is 1. The number of aromatic nitrogens is 2. The van der Waals surface area contributed by atoms with E-state index in [9.17, 15) is 9.59 Å². The van der Waals surface area contributed by atoms with Gasteiger partial charge in [0.2, 0.25) is 5.89 Å². The number of carbonyl (C=O) groups is 2. The van der Waals surface area contributed by atoms with Gasteiger partial charge in [-0.1, -0.05) is 44.1 Å². The fourth-order valence-corrected chi connectivity index (χ4v) is 2.90. The zero-order valence-electron chi connectivity index (χ0n) is 14.7. The van der Waals surface area contributed by atoms with E-state index in [1.807, 2.05) is 45.0 Å². The van der Waals surface area contributed by atoms with Crippen molar-refractivity contribution in [3.63, 3.8) is 0 Å². The van der Waals surface area contributed by atoms with E-state index < -0.39 is 11.8 Å². The number of anilines is 1. The third-order valence-electron chi connectivity index (χ3n) is 4.28. The first-order chi connectivity index (χ1) is 12.0. The van der Waals surface area contributed by atoms with E-state index in [-0.39, 0.29) is 18.4 Å². The lowest BCUT2D eigenvalue weighted by molar-refractivity contribution is -0.137. The normalized spacial score (nSPS) is 16.2. The molecule has 0 aliphatic carbocycles. The summed E-state index contributed by atoms with van der Waals surface area (Å²) >= 11 is 0. The predicted molar refractivity (Wildman–Crippen MR) is 92.3 cm³/mol. The van der Waals surface area contributed by atoms with E-state index in [2.05, 4.69) is 15.5 Å². The summed E-state index contributed by atoms with van der Waals surface area (Å²) in [6.45, 7) is 6.79. The standard InChI is InChI=1S/C18H22N4O3/c1-11(2)16-20-15(25-21-16)8-9-19-17(23)18(24)22-10-12(3)13-6-4-5-7-14(13)22/h4-7,11-12H,8-10H2,1-3H3,(H,19,23)/t12-/m0/s1. The minimum Gasteiger partial charge on any atom is -0.347 e. The number of rotatable bonds is 4. The topological polar surface area (TPSA) is 88.3 Å². The molecule has 0 fully saturated rings. The summed E-state index contributed by atoms with van der Waals surface area (Å²) in [6, 6.07) is 7.68. The van der Waals surface area contributed by atoms with Gasteiger partial charge in [-0.05, 0) is 11.6 Å². The third kappa shape index (κ3) is 3.55. The highest BCUT2D eigenvalue weighted by Gasteiger charge is 2.32. The maximum Gasteiger partial charge on any atom is 0.316 e. The number of nitrogens with zero attached hydrogens (tertiary/aromatic N) is 3. The molecule has 0 saturated heterocycles. The molecule has 1 aromatic heterocycles. The molecule has 0 spiro atoms. The molecule has 3 rings (SSSR count). The smallest absolute Gasteiger partial charge is 0.316 e. The molecule has 1 atom stereocenters. The molecule has 0 radical (unpaired) electrons. The molecule has 7 nitrogen and oxygen atoms in total. The minimum absolute atomic E-state index is 0.186. The first kappa shape index (κ1) is 17.1. The van der Waals surface area contributed by atoms with Crippen LogP contribution in [0.4, 0.5) is 5.69 Å². The SMILES string of the molecule is CC(C)c1noc(CCNC(=O)C(=O)N2C[C@H](C)c3ccccc32)n1. The fourth-order valence-electron chi connectivity index (χ4n) is 2.90. The number of hydrogen-bond acceptors (Lipinski definition) is 5. The Kier molecular flexibility index (Phi) is 4.83. The molecule has 1 aliphatic heterocycles. The van der Waals surface area contributed by atoms with Gasteiger partial charge < -0.3 is 14.7 Å². The van der Waals surface area contributed by atoms with Gasteiger partial charge in [-0.15, -0.1) is 0 Å². The molecule has 0 unspecified atom stereocenters. The van der Waals surface area contributed by atoms with Crippen LogP contribution in [0.25, 0.3) is 0 Å². The van der Waals surface area contributed by atoms with Crippen molar-refractivity contribution in [2.24, 2.45) is 0 Å². The molecule has 1 aliphatic rings. The Morgan fingerprint density at radius 3 is 2.84 bits per heavy atom. The largest absolute Gasteiger partial charge is 0.347 e. The summed E-state index contributed by atoms with van der Waals surface area (Å²) in [4.78, 5) is 30.4. The first-order valence-electron chi connectivity index (χ1n) is 8.48. The monoisotopic (exact) mass is 342 g/mol. The van der Waals surface area contributed by atoms with Gasteiger partial charge in [0.15, 0.2) is 5.82 Å². The summed E-state index contributed by atoms with van der Waals surface area (Å²) in [5.74, 6) is 0.348. The van der Waals surface area contributed by atoms with Crippen molar-refractivity contribution >= 4 is 17.5 Å². The maximum atomic E-state index is 12.5. The molecule has 25 heavy (non-hydrogen) atoms. The first-order valence-corrected chi connectivity index (χ1v) is 8.48. The minimum atomic E-state index is -0.618. The molecule has 2 heterocycles. The molecular weight excluding hydrogens is 320 g/mol. The molecule has 2 amide bonds. The summed E-state index contributed by atoms with van der Waals surface area (Å²) in [7, 11) is 0. The van der Waals surface area contributed by atoms with Gasteiger partial charge >= 0.3 is 11.8 Å². The highest BCUT2D eigenvalue weighted by molar-refractivity contribution is 6.40. The number of benzene rings is 1. The van der Waals surface area contributed by atoms with Crippen LogP contribution in [-0.2, 0) is 16.0 Å². The third-order valence-corrected chi connectivity index (χ3v) is 4.28. The van der Waals surface area contributed by atoms with E-state index >= 15 is 0 Å². The van der Waals surface area contributed by atoms with Gasteiger partial charge in [0.1, 0.15) is 0 Å². The molecule has 1 aromatic carbocycles. The average molecular weight is 342 g/mol. The number of amides is 2. The van der Waals surface area contributed by atoms with Crippen LogP contribution in [0.15, 0.2) is 28.8 Å². The van der Waals surface area contributed by atoms with Crippen molar-refractivity contribution < 1.29 is 14.1 Å². The average Bonchev–Trinajstić information content (AvgIpc) is 3.20. The van der Waals surface area contributed by atoms with Crippen LogP contribution in [0.2, 0.25) is 0 Å². The van der Waals surface area contributed by atoms with E-state index in [0.717, 1.165) is 11.3 Å². The van der Waals surface area contributed by atoms with E-state index in [4.69, 9.17) is 4.52 Å². The van der Waals surface area contributed by atoms with Gasteiger partial charge in [-0.3, -0.25) is 9.59 Å². The van der Waals surface area contributed by atoms with E-state index in [1.54, 1.807) is 4.90 Å². The summed E-state index contributed by atoms with van der Waals surface area (Å²) < 4.78 is 5.12. The Labute approximate surface area is 146 Å². The molecular formula is C18H22N4O3. The summed E-state index contributed by atoms with van der Waals surface area (Å²) in [6.07, 6.45) is 0.395. The van der Waals surface area contributed by atoms with Crippen molar-refractivity contribution in [1.29, 1.82) is 0 Å². The van der Waals surface area contributed by atoms with Gasteiger partial charge in [-0.2, -0.15) is 4.98 Å². The van der Waals surface area contributed by atoms with Crippen molar-refractivity contribution in [2.45, 2.75) is 39.0 Å². The second-order valence-electron chi connectivity index (χ2n) is 6.58. The Morgan fingerprint density at radius 2 is 2.12 bits per heavy atom. The Hall–Kier alpha value is -2.70. The van der Waals surface area contributed by atoms with Crippen LogP contribution in [0.1, 0.15) is 49.9 Å². The van der Waals surface area contributed by atoms with Crippen LogP contribution < -0.4 is 10.2 Å². The lowest BCUT2D eigenvalue weighted by Gasteiger charge is -2.16. The zero-order chi connectivity index (χ0) is 18.0. The predicted octanol–water partition coefficient (Wildman–Crippen LogP) is 2.00. The van der Waals surface area contributed by atoms with E-state index in [0.29, 0.717) is 24.7 Å². The second-order valence-corrected chi connectivity index (χ2v) is 6.58. The highest BCUT2D eigenvalue weighted by atomic mass is 16.5. The Balaban J connectivity index is 1.56. The summed E-state index contributed by atoms with van der Waals surface area (Å²) in [5.41, 5.74) is 1.91. The number of carbonyl (C=O) groups excluding carboxylic acids is 2.